The second-order valence-corrected chi connectivity index (χ2v) is 7.78. The lowest BCUT2D eigenvalue weighted by Gasteiger charge is -2.37. The summed E-state index contributed by atoms with van der Waals surface area (Å²) < 4.78 is 11.5. The molecule has 1 heterocycles. The number of benzene rings is 1. The van der Waals surface area contributed by atoms with Crippen molar-refractivity contribution in [1.29, 1.82) is 0 Å². The molecule has 1 N–H and O–H groups in total. The van der Waals surface area contributed by atoms with Crippen LogP contribution in [0.5, 0.6) is 5.75 Å². The fraction of sp³-hybridized carbons (Fsp3) is 0.667. The zero-order valence-electron chi connectivity index (χ0n) is 16.1. The van der Waals surface area contributed by atoms with Gasteiger partial charge in [-0.05, 0) is 75.4 Å². The zero-order chi connectivity index (χ0) is 18.4. The molecule has 5 heteroatoms. The average molecular weight is 360 g/mol. The van der Waals surface area contributed by atoms with Crippen LogP contribution in [-0.2, 0) is 9.53 Å². The highest BCUT2D eigenvalue weighted by atomic mass is 16.5. The van der Waals surface area contributed by atoms with Crippen LogP contribution in [0, 0.1) is 5.92 Å². The summed E-state index contributed by atoms with van der Waals surface area (Å²) in [7, 11) is 1.65. The third-order valence-corrected chi connectivity index (χ3v) is 5.75. The Balaban J connectivity index is 1.50. The van der Waals surface area contributed by atoms with E-state index in [4.69, 9.17) is 9.47 Å². The van der Waals surface area contributed by atoms with Crippen molar-refractivity contribution in [1.82, 2.24) is 4.90 Å². The van der Waals surface area contributed by atoms with E-state index in [0.717, 1.165) is 37.2 Å². The molecule has 1 amide bonds. The molecule has 1 aromatic rings. The first-order chi connectivity index (χ1) is 12.6. The number of nitrogens with zero attached hydrogens (tertiary/aromatic N) is 1. The van der Waals surface area contributed by atoms with Gasteiger partial charge in [-0.2, -0.15) is 0 Å². The van der Waals surface area contributed by atoms with Crippen LogP contribution in [0.3, 0.4) is 0 Å². The summed E-state index contributed by atoms with van der Waals surface area (Å²) in [6, 6.07) is 7.64. The number of carbonyl (C=O) groups is 1. The van der Waals surface area contributed by atoms with E-state index < -0.39 is 5.60 Å². The van der Waals surface area contributed by atoms with Crippen LogP contribution >= 0.6 is 0 Å². The predicted molar refractivity (Wildman–Crippen MR) is 104 cm³/mol. The number of rotatable bonds is 7. The Kier molecular flexibility index (Phi) is 6.54. The molecule has 1 aliphatic carbocycles. The molecule has 0 bridgehead atoms. The molecule has 0 aromatic heterocycles. The van der Waals surface area contributed by atoms with Crippen molar-refractivity contribution in [2.75, 3.05) is 38.7 Å². The molecule has 1 aromatic carbocycles. The summed E-state index contributed by atoms with van der Waals surface area (Å²) in [5.41, 5.74) is 0.0966. The first-order valence-electron chi connectivity index (χ1n) is 9.93. The van der Waals surface area contributed by atoms with Gasteiger partial charge in [0, 0.05) is 19.3 Å². The zero-order valence-corrected chi connectivity index (χ0v) is 16.1. The predicted octanol–water partition coefficient (Wildman–Crippen LogP) is 3.70. The molecule has 2 fully saturated rings. The third-order valence-electron chi connectivity index (χ3n) is 5.75. The number of hydrogen-bond acceptors (Lipinski definition) is 4. The highest BCUT2D eigenvalue weighted by Crippen LogP contribution is 2.35. The van der Waals surface area contributed by atoms with Crippen LogP contribution in [0.4, 0.5) is 5.69 Å². The SMILES string of the molecule is COC1(C(=O)Nc2ccc(OCCN3CCCC3)cc2)CCCC(C)C1. The number of carbonyl (C=O) groups excluding carboxylic acids is 1. The monoisotopic (exact) mass is 360 g/mol. The molecule has 2 aliphatic rings. The molecule has 5 nitrogen and oxygen atoms in total. The van der Waals surface area contributed by atoms with Gasteiger partial charge in [-0.1, -0.05) is 13.3 Å². The van der Waals surface area contributed by atoms with Gasteiger partial charge in [-0.15, -0.1) is 0 Å². The van der Waals surface area contributed by atoms with Crippen molar-refractivity contribution in [3.8, 4) is 5.75 Å². The van der Waals surface area contributed by atoms with Gasteiger partial charge in [0.2, 0.25) is 0 Å². The van der Waals surface area contributed by atoms with Crippen molar-refractivity contribution >= 4 is 11.6 Å². The van der Waals surface area contributed by atoms with E-state index in [1.165, 1.54) is 32.4 Å². The minimum absolute atomic E-state index is 0.0331. The number of hydrogen-bond donors (Lipinski definition) is 1. The summed E-state index contributed by atoms with van der Waals surface area (Å²) in [5.74, 6) is 1.32. The fourth-order valence-corrected chi connectivity index (χ4v) is 4.17. The molecule has 3 rings (SSSR count). The second-order valence-electron chi connectivity index (χ2n) is 7.78. The van der Waals surface area contributed by atoms with Crippen LogP contribution < -0.4 is 10.1 Å². The molecular weight excluding hydrogens is 328 g/mol. The Morgan fingerprint density at radius 1 is 1.23 bits per heavy atom. The quantitative estimate of drug-likeness (QED) is 0.806. The Morgan fingerprint density at radius 2 is 1.96 bits per heavy atom. The summed E-state index contributed by atoms with van der Waals surface area (Å²) in [6.07, 6.45) is 6.38. The lowest BCUT2D eigenvalue weighted by Crippen LogP contribution is -2.47. The Morgan fingerprint density at radius 3 is 2.62 bits per heavy atom. The Hall–Kier alpha value is -1.59. The van der Waals surface area contributed by atoms with E-state index in [0.29, 0.717) is 12.5 Å². The summed E-state index contributed by atoms with van der Waals surface area (Å²) in [6.45, 7) is 6.25. The first-order valence-corrected chi connectivity index (χ1v) is 9.93. The molecule has 0 spiro atoms. The topological polar surface area (TPSA) is 50.8 Å². The number of likely N-dealkylation sites (tertiary alicyclic amines) is 1. The second kappa shape index (κ2) is 8.87. The first kappa shape index (κ1) is 19.2. The van der Waals surface area contributed by atoms with E-state index in [1.54, 1.807) is 7.11 Å². The smallest absolute Gasteiger partial charge is 0.256 e. The van der Waals surface area contributed by atoms with Gasteiger partial charge in [0.1, 0.15) is 18.0 Å². The van der Waals surface area contributed by atoms with E-state index >= 15 is 0 Å². The molecule has 0 radical (unpaired) electrons. The number of methoxy groups -OCH3 is 1. The van der Waals surface area contributed by atoms with Gasteiger partial charge < -0.3 is 14.8 Å². The van der Waals surface area contributed by atoms with E-state index in [2.05, 4.69) is 17.1 Å². The maximum Gasteiger partial charge on any atom is 0.256 e. The standard InChI is InChI=1S/C21H32N2O3/c1-17-6-5-11-21(16-17,25-2)20(24)22-18-7-9-19(10-8-18)26-15-14-23-12-3-4-13-23/h7-10,17H,3-6,11-16H2,1-2H3,(H,22,24). The average Bonchev–Trinajstić information content (AvgIpc) is 3.16. The molecule has 2 unspecified atom stereocenters. The lowest BCUT2D eigenvalue weighted by molar-refractivity contribution is -0.143. The van der Waals surface area contributed by atoms with Crippen LogP contribution in [0.2, 0.25) is 0 Å². The Labute approximate surface area is 157 Å². The molecule has 2 atom stereocenters. The van der Waals surface area contributed by atoms with Gasteiger partial charge >= 0.3 is 0 Å². The van der Waals surface area contributed by atoms with Gasteiger partial charge in [-0.3, -0.25) is 9.69 Å². The minimum atomic E-state index is -0.692. The van der Waals surface area contributed by atoms with Gasteiger partial charge in [0.05, 0.1) is 0 Å². The van der Waals surface area contributed by atoms with Gasteiger partial charge in [0.25, 0.3) is 5.91 Å². The highest BCUT2D eigenvalue weighted by Gasteiger charge is 2.41. The normalized spacial score (nSPS) is 26.6. The van der Waals surface area contributed by atoms with Crippen molar-refractivity contribution in [3.63, 3.8) is 0 Å². The van der Waals surface area contributed by atoms with Crippen LogP contribution in [0.25, 0.3) is 0 Å². The summed E-state index contributed by atoms with van der Waals surface area (Å²) in [4.78, 5) is 15.2. The maximum absolute atomic E-state index is 12.8. The van der Waals surface area contributed by atoms with Crippen molar-refractivity contribution in [3.05, 3.63) is 24.3 Å². The number of anilines is 1. The molecule has 1 saturated carbocycles. The van der Waals surface area contributed by atoms with Gasteiger partial charge in [-0.25, -0.2) is 0 Å². The summed E-state index contributed by atoms with van der Waals surface area (Å²) >= 11 is 0. The molecular formula is C21H32N2O3. The largest absolute Gasteiger partial charge is 0.492 e. The fourth-order valence-electron chi connectivity index (χ4n) is 4.17. The lowest BCUT2D eigenvalue weighted by atomic mass is 9.78. The molecule has 144 valence electrons. The highest BCUT2D eigenvalue weighted by molar-refractivity contribution is 5.97. The Bertz CT molecular complexity index is 583. The molecule has 1 saturated heterocycles. The van der Waals surface area contributed by atoms with Crippen molar-refractivity contribution < 1.29 is 14.3 Å². The van der Waals surface area contributed by atoms with Gasteiger partial charge in [0.15, 0.2) is 0 Å². The van der Waals surface area contributed by atoms with E-state index in [9.17, 15) is 4.79 Å². The third kappa shape index (κ3) is 4.77. The maximum atomic E-state index is 12.8. The molecule has 1 aliphatic heterocycles. The van der Waals surface area contributed by atoms with Crippen LogP contribution in [0.15, 0.2) is 24.3 Å². The number of amides is 1. The minimum Gasteiger partial charge on any atom is -0.492 e. The molecule has 26 heavy (non-hydrogen) atoms. The van der Waals surface area contributed by atoms with Crippen LogP contribution in [-0.4, -0.2) is 49.8 Å². The van der Waals surface area contributed by atoms with Crippen molar-refractivity contribution in [2.45, 2.75) is 51.0 Å². The van der Waals surface area contributed by atoms with E-state index in [1.807, 2.05) is 24.3 Å². The number of nitrogens with one attached hydrogen (secondary N) is 1. The van der Waals surface area contributed by atoms with E-state index in [-0.39, 0.29) is 5.91 Å². The van der Waals surface area contributed by atoms with Crippen LogP contribution in [0.1, 0.15) is 45.4 Å². The number of ether oxygens (including phenoxy) is 2. The van der Waals surface area contributed by atoms with Crippen molar-refractivity contribution in [2.24, 2.45) is 5.92 Å². The summed E-state index contributed by atoms with van der Waals surface area (Å²) in [5, 5.41) is 3.02.